The number of carbonyl (C=O) groups excluding carboxylic acids is 1. The first-order valence-electron chi connectivity index (χ1n) is 7.96. The van der Waals surface area contributed by atoms with E-state index >= 15 is 0 Å². The van der Waals surface area contributed by atoms with Crippen LogP contribution in [0.25, 0.3) is 10.8 Å². The van der Waals surface area contributed by atoms with Crippen molar-refractivity contribution in [1.29, 1.82) is 0 Å². The minimum atomic E-state index is -3.80. The Bertz CT molecular complexity index is 1060. The van der Waals surface area contributed by atoms with Crippen LogP contribution < -0.4 is 10.0 Å². The second kappa shape index (κ2) is 7.05. The van der Waals surface area contributed by atoms with E-state index in [2.05, 4.69) is 10.0 Å². The van der Waals surface area contributed by atoms with Crippen LogP contribution in [0.2, 0.25) is 0 Å². The highest BCUT2D eigenvalue weighted by atomic mass is 32.2. The van der Waals surface area contributed by atoms with Gasteiger partial charge in [0, 0.05) is 14.1 Å². The molecule has 0 saturated carbocycles. The third-order valence-electron chi connectivity index (χ3n) is 3.85. The standard InChI is InChI=1S/C19H19N3O3S/c1-22(2)19(23)20-17-9-5-6-10-18(17)21-26(24,25)16-12-11-14-7-3-4-8-15(14)13-16/h3-13,21H,1-2H3,(H,20,23). The van der Waals surface area contributed by atoms with E-state index in [0.29, 0.717) is 11.4 Å². The van der Waals surface area contributed by atoms with Crippen molar-refractivity contribution in [3.8, 4) is 0 Å². The molecule has 3 aromatic carbocycles. The molecule has 3 aromatic rings. The fourth-order valence-electron chi connectivity index (χ4n) is 2.45. The van der Waals surface area contributed by atoms with Crippen LogP contribution >= 0.6 is 0 Å². The molecule has 0 atom stereocenters. The molecule has 0 aliphatic heterocycles. The summed E-state index contributed by atoms with van der Waals surface area (Å²) in [5, 5.41) is 4.47. The molecule has 0 unspecified atom stereocenters. The molecule has 0 aliphatic carbocycles. The summed E-state index contributed by atoms with van der Waals surface area (Å²) in [6.45, 7) is 0. The number of anilines is 2. The van der Waals surface area contributed by atoms with Gasteiger partial charge in [0.15, 0.2) is 0 Å². The average Bonchev–Trinajstić information content (AvgIpc) is 2.62. The van der Waals surface area contributed by atoms with E-state index in [4.69, 9.17) is 0 Å². The maximum Gasteiger partial charge on any atom is 0.321 e. The highest BCUT2D eigenvalue weighted by Gasteiger charge is 2.17. The van der Waals surface area contributed by atoms with Gasteiger partial charge in [0.1, 0.15) is 0 Å². The summed E-state index contributed by atoms with van der Waals surface area (Å²) in [5.41, 5.74) is 0.687. The Hall–Kier alpha value is -3.06. The van der Waals surface area contributed by atoms with Gasteiger partial charge in [-0.1, -0.05) is 42.5 Å². The minimum Gasteiger partial charge on any atom is -0.331 e. The Kier molecular flexibility index (Phi) is 4.81. The van der Waals surface area contributed by atoms with Gasteiger partial charge in [-0.05, 0) is 35.0 Å². The Morgan fingerprint density at radius 1 is 0.846 bits per heavy atom. The number of rotatable bonds is 4. The fourth-order valence-corrected chi connectivity index (χ4v) is 3.56. The first kappa shape index (κ1) is 17.8. The van der Waals surface area contributed by atoms with Gasteiger partial charge in [-0.2, -0.15) is 0 Å². The van der Waals surface area contributed by atoms with Gasteiger partial charge in [-0.15, -0.1) is 0 Å². The summed E-state index contributed by atoms with van der Waals surface area (Å²) in [5.74, 6) is 0. The summed E-state index contributed by atoms with van der Waals surface area (Å²) < 4.78 is 28.1. The Morgan fingerprint density at radius 3 is 2.15 bits per heavy atom. The van der Waals surface area contributed by atoms with Gasteiger partial charge < -0.3 is 10.2 Å². The first-order chi connectivity index (χ1) is 12.4. The summed E-state index contributed by atoms with van der Waals surface area (Å²) in [4.78, 5) is 13.4. The number of sulfonamides is 1. The molecule has 26 heavy (non-hydrogen) atoms. The average molecular weight is 369 g/mol. The number of benzene rings is 3. The maximum atomic E-state index is 12.8. The first-order valence-corrected chi connectivity index (χ1v) is 9.44. The molecular formula is C19H19N3O3S. The van der Waals surface area contributed by atoms with Crippen molar-refractivity contribution in [1.82, 2.24) is 4.90 Å². The zero-order chi connectivity index (χ0) is 18.7. The largest absolute Gasteiger partial charge is 0.331 e. The summed E-state index contributed by atoms with van der Waals surface area (Å²) in [7, 11) is -0.582. The molecule has 3 rings (SSSR count). The number of urea groups is 1. The Balaban J connectivity index is 1.93. The molecule has 0 saturated heterocycles. The molecule has 7 heteroatoms. The molecule has 0 aliphatic rings. The summed E-state index contributed by atoms with van der Waals surface area (Å²) in [6, 6.07) is 18.8. The quantitative estimate of drug-likeness (QED) is 0.735. The molecule has 6 nitrogen and oxygen atoms in total. The number of para-hydroxylation sites is 2. The van der Waals surface area contributed by atoms with Crippen molar-refractivity contribution in [2.24, 2.45) is 0 Å². The molecule has 0 aromatic heterocycles. The molecule has 0 heterocycles. The smallest absolute Gasteiger partial charge is 0.321 e. The number of hydrogen-bond acceptors (Lipinski definition) is 3. The van der Waals surface area contributed by atoms with Crippen molar-refractivity contribution >= 4 is 38.2 Å². The number of nitrogens with one attached hydrogen (secondary N) is 2. The van der Waals surface area contributed by atoms with Crippen molar-refractivity contribution < 1.29 is 13.2 Å². The minimum absolute atomic E-state index is 0.157. The zero-order valence-electron chi connectivity index (χ0n) is 14.4. The van der Waals surface area contributed by atoms with Crippen LogP contribution in [0.1, 0.15) is 0 Å². The lowest BCUT2D eigenvalue weighted by Crippen LogP contribution is -2.28. The third kappa shape index (κ3) is 3.78. The molecule has 0 fully saturated rings. The molecule has 0 radical (unpaired) electrons. The fraction of sp³-hybridized carbons (Fsp3) is 0.105. The van der Waals surface area contributed by atoms with E-state index in [1.807, 2.05) is 24.3 Å². The van der Waals surface area contributed by atoms with Crippen LogP contribution in [0, 0.1) is 0 Å². The van der Waals surface area contributed by atoms with Crippen LogP contribution in [-0.4, -0.2) is 33.4 Å². The van der Waals surface area contributed by atoms with E-state index < -0.39 is 10.0 Å². The van der Waals surface area contributed by atoms with Gasteiger partial charge in [-0.3, -0.25) is 4.72 Å². The Morgan fingerprint density at radius 2 is 1.46 bits per heavy atom. The van der Waals surface area contributed by atoms with Crippen molar-refractivity contribution in [2.75, 3.05) is 24.1 Å². The Labute approximate surface area is 152 Å². The topological polar surface area (TPSA) is 78.5 Å². The molecule has 2 amide bonds. The monoisotopic (exact) mass is 369 g/mol. The molecule has 2 N–H and O–H groups in total. The third-order valence-corrected chi connectivity index (χ3v) is 5.21. The predicted molar refractivity (Wildman–Crippen MR) is 104 cm³/mol. The van der Waals surface area contributed by atoms with Gasteiger partial charge in [0.25, 0.3) is 10.0 Å². The second-order valence-electron chi connectivity index (χ2n) is 5.98. The van der Waals surface area contributed by atoms with Gasteiger partial charge in [0.2, 0.25) is 0 Å². The second-order valence-corrected chi connectivity index (χ2v) is 7.67. The normalized spacial score (nSPS) is 11.2. The number of nitrogens with zero attached hydrogens (tertiary/aromatic N) is 1. The lowest BCUT2D eigenvalue weighted by molar-refractivity contribution is 0.230. The van der Waals surface area contributed by atoms with Crippen molar-refractivity contribution in [2.45, 2.75) is 4.90 Å². The maximum absolute atomic E-state index is 12.8. The van der Waals surface area contributed by atoms with E-state index in [-0.39, 0.29) is 10.9 Å². The predicted octanol–water partition coefficient (Wildman–Crippen LogP) is 3.73. The van der Waals surface area contributed by atoms with E-state index in [9.17, 15) is 13.2 Å². The van der Waals surface area contributed by atoms with Gasteiger partial charge in [-0.25, -0.2) is 13.2 Å². The van der Waals surface area contributed by atoms with Gasteiger partial charge >= 0.3 is 6.03 Å². The van der Waals surface area contributed by atoms with Crippen LogP contribution in [0.3, 0.4) is 0 Å². The van der Waals surface area contributed by atoms with Crippen LogP contribution in [0.5, 0.6) is 0 Å². The van der Waals surface area contributed by atoms with Crippen molar-refractivity contribution in [3.05, 3.63) is 66.7 Å². The van der Waals surface area contributed by atoms with Crippen LogP contribution in [0.4, 0.5) is 16.2 Å². The molecular weight excluding hydrogens is 350 g/mol. The number of hydrogen-bond donors (Lipinski definition) is 2. The molecule has 0 bridgehead atoms. The lowest BCUT2D eigenvalue weighted by atomic mass is 10.1. The zero-order valence-corrected chi connectivity index (χ0v) is 15.2. The van der Waals surface area contributed by atoms with Crippen LogP contribution in [-0.2, 0) is 10.0 Å². The molecule has 0 spiro atoms. The van der Waals surface area contributed by atoms with E-state index in [1.165, 1.54) is 4.90 Å². The lowest BCUT2D eigenvalue weighted by Gasteiger charge is -2.16. The summed E-state index contributed by atoms with van der Waals surface area (Å²) >= 11 is 0. The number of carbonyl (C=O) groups is 1. The van der Waals surface area contributed by atoms with Crippen molar-refractivity contribution in [3.63, 3.8) is 0 Å². The van der Waals surface area contributed by atoms with E-state index in [0.717, 1.165) is 10.8 Å². The van der Waals surface area contributed by atoms with Gasteiger partial charge in [0.05, 0.1) is 16.3 Å². The number of amides is 2. The SMILES string of the molecule is CN(C)C(=O)Nc1ccccc1NS(=O)(=O)c1ccc2ccccc2c1. The highest BCUT2D eigenvalue weighted by Crippen LogP contribution is 2.26. The highest BCUT2D eigenvalue weighted by molar-refractivity contribution is 7.92. The van der Waals surface area contributed by atoms with Crippen LogP contribution in [0.15, 0.2) is 71.6 Å². The number of fused-ring (bicyclic) bond motifs is 1. The molecule has 134 valence electrons. The summed E-state index contributed by atoms with van der Waals surface area (Å²) in [6.07, 6.45) is 0. The van der Waals surface area contributed by atoms with E-state index in [1.54, 1.807) is 56.6 Å².